The Morgan fingerprint density at radius 3 is 2.80 bits per heavy atom. The topological polar surface area (TPSA) is 27.1 Å². The molecule has 1 fully saturated rings. The Morgan fingerprint density at radius 2 is 2.13 bits per heavy atom. The fourth-order valence-corrected chi connectivity index (χ4v) is 2.43. The summed E-state index contributed by atoms with van der Waals surface area (Å²) in [6, 6.07) is 2.00. The highest BCUT2D eigenvalue weighted by molar-refractivity contribution is 5.14. The predicted molar refractivity (Wildman–Crippen MR) is 60.1 cm³/mol. The maximum absolute atomic E-state index is 5.31. The highest BCUT2D eigenvalue weighted by atomic mass is 16.5. The molecule has 0 N–H and O–H groups in total. The second-order valence-corrected chi connectivity index (χ2v) is 4.51. The van der Waals surface area contributed by atoms with E-state index in [0.29, 0.717) is 0 Å². The van der Waals surface area contributed by atoms with E-state index in [4.69, 9.17) is 4.74 Å². The summed E-state index contributed by atoms with van der Waals surface area (Å²) in [5.41, 5.74) is 1.04. The zero-order valence-electron chi connectivity index (χ0n) is 9.70. The number of aromatic nitrogens is 2. The Kier molecular flexibility index (Phi) is 3.29. The van der Waals surface area contributed by atoms with Gasteiger partial charge in [0.1, 0.15) is 0 Å². The molecule has 0 spiro atoms. The molecule has 0 aromatic carbocycles. The van der Waals surface area contributed by atoms with Gasteiger partial charge < -0.3 is 4.74 Å². The minimum Gasteiger partial charge on any atom is -0.481 e. The maximum atomic E-state index is 5.31. The molecule has 0 radical (unpaired) electrons. The molecule has 0 aliphatic heterocycles. The normalized spacial score (nSPS) is 18.0. The second-order valence-electron chi connectivity index (χ2n) is 4.51. The molecule has 1 aliphatic rings. The lowest BCUT2D eigenvalue weighted by Gasteiger charge is -2.21. The van der Waals surface area contributed by atoms with E-state index in [1.165, 1.54) is 32.1 Å². The van der Waals surface area contributed by atoms with Gasteiger partial charge in [-0.05, 0) is 25.7 Å². The van der Waals surface area contributed by atoms with Gasteiger partial charge in [0.25, 0.3) is 0 Å². The van der Waals surface area contributed by atoms with Gasteiger partial charge in [0, 0.05) is 12.6 Å². The largest absolute Gasteiger partial charge is 0.481 e. The van der Waals surface area contributed by atoms with E-state index in [9.17, 15) is 0 Å². The molecule has 1 aromatic heterocycles. The van der Waals surface area contributed by atoms with E-state index in [1.807, 2.05) is 17.7 Å². The summed E-state index contributed by atoms with van der Waals surface area (Å²) >= 11 is 0. The zero-order chi connectivity index (χ0) is 10.7. The van der Waals surface area contributed by atoms with E-state index < -0.39 is 0 Å². The van der Waals surface area contributed by atoms with Crippen molar-refractivity contribution >= 4 is 0 Å². The molecule has 0 bridgehead atoms. The number of methoxy groups -OCH3 is 1. The molecule has 0 saturated heterocycles. The van der Waals surface area contributed by atoms with E-state index in [1.54, 1.807) is 7.11 Å². The van der Waals surface area contributed by atoms with Gasteiger partial charge in [0.15, 0.2) is 0 Å². The van der Waals surface area contributed by atoms with Crippen LogP contribution in [0.2, 0.25) is 0 Å². The summed E-state index contributed by atoms with van der Waals surface area (Å²) in [7, 11) is 1.72. The van der Waals surface area contributed by atoms with E-state index >= 15 is 0 Å². The van der Waals surface area contributed by atoms with Crippen LogP contribution in [0.25, 0.3) is 0 Å². The summed E-state index contributed by atoms with van der Waals surface area (Å²) < 4.78 is 7.33. The van der Waals surface area contributed by atoms with Gasteiger partial charge in [-0.1, -0.05) is 19.3 Å². The predicted octanol–water partition coefficient (Wildman–Crippen LogP) is 2.78. The molecule has 0 atom stereocenters. The summed E-state index contributed by atoms with van der Waals surface area (Å²) in [5.74, 6) is 1.70. The van der Waals surface area contributed by atoms with Gasteiger partial charge in [-0.2, -0.15) is 5.10 Å². The molecule has 84 valence electrons. The first-order chi connectivity index (χ1) is 7.29. The third-order valence-electron chi connectivity index (χ3n) is 3.23. The van der Waals surface area contributed by atoms with Crippen molar-refractivity contribution in [2.75, 3.05) is 7.11 Å². The van der Waals surface area contributed by atoms with Crippen molar-refractivity contribution in [2.45, 2.75) is 45.6 Å². The molecular weight excluding hydrogens is 188 g/mol. The first-order valence-corrected chi connectivity index (χ1v) is 5.88. The standard InChI is InChI=1S/C12H20N2O/c1-10-8-12(15-2)14(13-10)9-11-6-4-3-5-7-11/h8,11H,3-7,9H2,1-2H3. The molecule has 1 heterocycles. The third-order valence-corrected chi connectivity index (χ3v) is 3.23. The van der Waals surface area contributed by atoms with E-state index in [-0.39, 0.29) is 0 Å². The van der Waals surface area contributed by atoms with Crippen LogP contribution in [-0.2, 0) is 6.54 Å². The smallest absolute Gasteiger partial charge is 0.211 e. The summed E-state index contributed by atoms with van der Waals surface area (Å²) in [6.07, 6.45) is 6.87. The lowest BCUT2D eigenvalue weighted by molar-refractivity contribution is 0.281. The average molecular weight is 208 g/mol. The van der Waals surface area contributed by atoms with Crippen molar-refractivity contribution in [2.24, 2.45) is 5.92 Å². The van der Waals surface area contributed by atoms with E-state index in [2.05, 4.69) is 5.10 Å². The number of nitrogens with zero attached hydrogens (tertiary/aromatic N) is 2. The van der Waals surface area contributed by atoms with Gasteiger partial charge >= 0.3 is 0 Å². The lowest BCUT2D eigenvalue weighted by atomic mass is 9.89. The Bertz CT molecular complexity index is 313. The molecule has 0 unspecified atom stereocenters. The molecule has 3 nitrogen and oxygen atoms in total. The molecule has 1 saturated carbocycles. The second kappa shape index (κ2) is 4.69. The van der Waals surface area contributed by atoms with Gasteiger partial charge in [-0.3, -0.25) is 0 Å². The van der Waals surface area contributed by atoms with Crippen LogP contribution < -0.4 is 4.74 Å². The zero-order valence-corrected chi connectivity index (χ0v) is 9.70. The number of hydrogen-bond acceptors (Lipinski definition) is 2. The number of hydrogen-bond donors (Lipinski definition) is 0. The molecule has 3 heteroatoms. The summed E-state index contributed by atoms with van der Waals surface area (Å²) in [5, 5.41) is 4.47. The van der Waals surface area contributed by atoms with Crippen LogP contribution in [0, 0.1) is 12.8 Å². The van der Waals surface area contributed by atoms with Gasteiger partial charge in [0.05, 0.1) is 12.8 Å². The lowest BCUT2D eigenvalue weighted by Crippen LogP contribution is -2.15. The van der Waals surface area contributed by atoms with Crippen molar-refractivity contribution in [3.8, 4) is 5.88 Å². The molecule has 15 heavy (non-hydrogen) atoms. The van der Waals surface area contributed by atoms with Gasteiger partial charge in [-0.25, -0.2) is 4.68 Å². The summed E-state index contributed by atoms with van der Waals surface area (Å²) in [4.78, 5) is 0. The molecule has 2 rings (SSSR count). The molecule has 1 aromatic rings. The Balaban J connectivity index is 2.02. The van der Waals surface area contributed by atoms with Crippen molar-refractivity contribution in [1.82, 2.24) is 9.78 Å². The number of ether oxygens (including phenoxy) is 1. The van der Waals surface area contributed by atoms with Crippen molar-refractivity contribution in [3.05, 3.63) is 11.8 Å². The van der Waals surface area contributed by atoms with Crippen LogP contribution in [0.5, 0.6) is 5.88 Å². The third kappa shape index (κ3) is 2.52. The summed E-state index contributed by atoms with van der Waals surface area (Å²) in [6.45, 7) is 3.04. The van der Waals surface area contributed by atoms with Crippen molar-refractivity contribution in [3.63, 3.8) is 0 Å². The molecular formula is C12H20N2O. The quantitative estimate of drug-likeness (QED) is 0.763. The van der Waals surface area contributed by atoms with Crippen molar-refractivity contribution in [1.29, 1.82) is 0 Å². The first kappa shape index (κ1) is 10.5. The van der Waals surface area contributed by atoms with Gasteiger partial charge in [-0.15, -0.1) is 0 Å². The Labute approximate surface area is 91.4 Å². The first-order valence-electron chi connectivity index (χ1n) is 5.88. The molecule has 1 aliphatic carbocycles. The minimum absolute atomic E-state index is 0.798. The van der Waals surface area contributed by atoms with Crippen molar-refractivity contribution < 1.29 is 4.74 Å². The Morgan fingerprint density at radius 1 is 1.40 bits per heavy atom. The Hall–Kier alpha value is -0.990. The molecule has 0 amide bonds. The monoisotopic (exact) mass is 208 g/mol. The van der Waals surface area contributed by atoms with Gasteiger partial charge in [0.2, 0.25) is 5.88 Å². The number of aryl methyl sites for hydroxylation is 1. The van der Waals surface area contributed by atoms with Crippen LogP contribution in [0.4, 0.5) is 0 Å². The van der Waals surface area contributed by atoms with E-state index in [0.717, 1.165) is 24.0 Å². The highest BCUT2D eigenvalue weighted by Crippen LogP contribution is 2.26. The highest BCUT2D eigenvalue weighted by Gasteiger charge is 2.16. The fourth-order valence-electron chi connectivity index (χ4n) is 2.43. The average Bonchev–Trinajstić information content (AvgIpc) is 2.60. The SMILES string of the molecule is COc1cc(C)nn1CC1CCCCC1. The van der Waals surface area contributed by atoms with Crippen LogP contribution in [-0.4, -0.2) is 16.9 Å². The van der Waals surface area contributed by atoms with Crippen LogP contribution in [0.15, 0.2) is 6.07 Å². The fraction of sp³-hybridized carbons (Fsp3) is 0.750. The van der Waals surface area contributed by atoms with Crippen LogP contribution in [0.1, 0.15) is 37.8 Å². The maximum Gasteiger partial charge on any atom is 0.211 e. The number of rotatable bonds is 3. The van der Waals surface area contributed by atoms with Crippen LogP contribution in [0.3, 0.4) is 0 Å². The minimum atomic E-state index is 0.798. The van der Waals surface area contributed by atoms with Crippen LogP contribution >= 0.6 is 0 Å².